The summed E-state index contributed by atoms with van der Waals surface area (Å²) >= 11 is 0. The molecular weight excluding hydrogens is 326 g/mol. The molecule has 0 aliphatic rings. The minimum Gasteiger partial charge on any atom is -0.492 e. The number of hydrogen-bond donors (Lipinski definition) is 1. The molecule has 1 aromatic heterocycles. The maximum atomic E-state index is 11.3. The molecule has 0 saturated carbocycles. The highest BCUT2D eigenvalue weighted by Crippen LogP contribution is 2.23. The molecular formula is C21H19N3O2. The summed E-state index contributed by atoms with van der Waals surface area (Å²) in [5, 5.41) is 10.0. The summed E-state index contributed by atoms with van der Waals surface area (Å²) in [6.07, 6.45) is 3.44. The van der Waals surface area contributed by atoms with Crippen LogP contribution in [0, 0.1) is 18.3 Å². The van der Waals surface area contributed by atoms with Crippen molar-refractivity contribution in [2.75, 3.05) is 6.61 Å². The van der Waals surface area contributed by atoms with Crippen molar-refractivity contribution in [3.8, 4) is 11.8 Å². The number of benzene rings is 2. The van der Waals surface area contributed by atoms with Crippen molar-refractivity contribution in [1.82, 2.24) is 4.57 Å². The number of ether oxygens (including phenoxy) is 1. The number of nitrogens with zero attached hydrogens (tertiary/aromatic N) is 2. The summed E-state index contributed by atoms with van der Waals surface area (Å²) in [4.78, 5) is 11.3. The first-order valence-electron chi connectivity index (χ1n) is 8.27. The first-order valence-corrected chi connectivity index (χ1v) is 8.27. The van der Waals surface area contributed by atoms with Gasteiger partial charge in [0.2, 0.25) is 0 Å². The normalized spacial score (nSPS) is 11.3. The molecule has 0 saturated heterocycles. The highest BCUT2D eigenvalue weighted by molar-refractivity contribution is 6.03. The number of rotatable bonds is 6. The average Bonchev–Trinajstić information content (AvgIpc) is 2.99. The predicted octanol–water partition coefficient (Wildman–Crippen LogP) is 3.42. The number of carbonyl (C=O) groups excluding carboxylic acids is 1. The lowest BCUT2D eigenvalue weighted by Gasteiger charge is -2.08. The number of amides is 1. The number of hydrogen-bond acceptors (Lipinski definition) is 3. The van der Waals surface area contributed by atoms with E-state index in [0.29, 0.717) is 13.2 Å². The molecule has 0 aliphatic heterocycles. The van der Waals surface area contributed by atoms with Crippen LogP contribution in [0.15, 0.2) is 60.3 Å². The molecule has 26 heavy (non-hydrogen) atoms. The fourth-order valence-electron chi connectivity index (χ4n) is 2.79. The van der Waals surface area contributed by atoms with Gasteiger partial charge in [0.05, 0.1) is 6.54 Å². The van der Waals surface area contributed by atoms with Crippen molar-refractivity contribution in [3.05, 3.63) is 71.4 Å². The van der Waals surface area contributed by atoms with Crippen molar-refractivity contribution < 1.29 is 9.53 Å². The number of para-hydroxylation sites is 1. The molecule has 0 fully saturated rings. The summed E-state index contributed by atoms with van der Waals surface area (Å²) in [5.41, 5.74) is 8.16. The van der Waals surface area contributed by atoms with E-state index in [-0.39, 0.29) is 5.57 Å². The van der Waals surface area contributed by atoms with Gasteiger partial charge in [-0.05, 0) is 31.2 Å². The molecule has 0 bridgehead atoms. The molecule has 1 amide bonds. The van der Waals surface area contributed by atoms with E-state index >= 15 is 0 Å². The molecule has 3 rings (SSSR count). The third kappa shape index (κ3) is 3.76. The number of fused-ring (bicyclic) bond motifs is 1. The topological polar surface area (TPSA) is 81.0 Å². The van der Waals surface area contributed by atoms with E-state index < -0.39 is 5.91 Å². The molecule has 5 nitrogen and oxygen atoms in total. The zero-order chi connectivity index (χ0) is 18.5. The van der Waals surface area contributed by atoms with Crippen LogP contribution in [-0.4, -0.2) is 17.1 Å². The van der Waals surface area contributed by atoms with Gasteiger partial charge >= 0.3 is 0 Å². The van der Waals surface area contributed by atoms with E-state index in [4.69, 9.17) is 15.7 Å². The van der Waals surface area contributed by atoms with E-state index in [0.717, 1.165) is 22.2 Å². The Labute approximate surface area is 151 Å². The molecule has 3 aromatic rings. The molecule has 2 aromatic carbocycles. The van der Waals surface area contributed by atoms with E-state index in [1.807, 2.05) is 72.3 Å². The molecule has 5 heteroatoms. The van der Waals surface area contributed by atoms with Crippen LogP contribution in [0.5, 0.6) is 5.75 Å². The minimum absolute atomic E-state index is 0.0659. The highest BCUT2D eigenvalue weighted by Gasteiger charge is 2.10. The Balaban J connectivity index is 1.84. The Bertz CT molecular complexity index is 1010. The number of nitriles is 1. The number of aryl methyl sites for hydroxylation is 1. The van der Waals surface area contributed by atoms with Crippen LogP contribution in [0.4, 0.5) is 0 Å². The Morgan fingerprint density at radius 3 is 2.65 bits per heavy atom. The van der Waals surface area contributed by atoms with Crippen LogP contribution < -0.4 is 10.5 Å². The fraction of sp³-hybridized carbons (Fsp3) is 0.143. The lowest BCUT2D eigenvalue weighted by atomic mass is 10.1. The number of nitrogens with two attached hydrogens (primary N) is 1. The predicted molar refractivity (Wildman–Crippen MR) is 101 cm³/mol. The molecule has 0 spiro atoms. The molecule has 1 heterocycles. The minimum atomic E-state index is -0.730. The van der Waals surface area contributed by atoms with Crippen molar-refractivity contribution >= 4 is 22.9 Å². The summed E-state index contributed by atoms with van der Waals surface area (Å²) in [6.45, 7) is 3.18. The largest absolute Gasteiger partial charge is 0.492 e. The number of primary amides is 1. The second-order valence-corrected chi connectivity index (χ2v) is 5.99. The third-order valence-corrected chi connectivity index (χ3v) is 4.13. The van der Waals surface area contributed by atoms with E-state index in [1.165, 1.54) is 11.6 Å². The smallest absolute Gasteiger partial charge is 0.259 e. The number of carbonyl (C=O) groups is 1. The van der Waals surface area contributed by atoms with E-state index in [1.54, 1.807) is 0 Å². The Kier molecular flexibility index (Phi) is 5.04. The van der Waals surface area contributed by atoms with Crippen LogP contribution in [-0.2, 0) is 11.3 Å². The maximum absolute atomic E-state index is 11.3. The van der Waals surface area contributed by atoms with Crippen molar-refractivity contribution in [2.24, 2.45) is 5.73 Å². The lowest BCUT2D eigenvalue weighted by molar-refractivity contribution is -0.114. The average molecular weight is 345 g/mol. The van der Waals surface area contributed by atoms with Gasteiger partial charge in [-0.15, -0.1) is 0 Å². The first kappa shape index (κ1) is 17.3. The molecule has 130 valence electrons. The summed E-state index contributed by atoms with van der Waals surface area (Å²) < 4.78 is 7.85. The monoisotopic (exact) mass is 345 g/mol. The van der Waals surface area contributed by atoms with Gasteiger partial charge in [0, 0.05) is 22.7 Å². The second kappa shape index (κ2) is 7.58. The molecule has 2 N–H and O–H groups in total. The quantitative estimate of drug-likeness (QED) is 0.549. The Hall–Kier alpha value is -3.52. The van der Waals surface area contributed by atoms with Gasteiger partial charge in [0.25, 0.3) is 5.91 Å². The van der Waals surface area contributed by atoms with Gasteiger partial charge in [0.1, 0.15) is 24.0 Å². The van der Waals surface area contributed by atoms with Crippen LogP contribution in [0.3, 0.4) is 0 Å². The fourth-order valence-corrected chi connectivity index (χ4v) is 2.79. The second-order valence-electron chi connectivity index (χ2n) is 5.99. The zero-order valence-corrected chi connectivity index (χ0v) is 14.5. The highest BCUT2D eigenvalue weighted by atomic mass is 16.5. The standard InChI is InChI=1S/C21H19N3O2/c1-15-6-8-18(9-7-15)26-11-10-24-14-17(12-16(13-22)21(23)25)19-4-2-3-5-20(19)24/h2-9,12,14H,10-11H2,1H3,(H2,23,25)/b16-12+. The van der Waals surface area contributed by atoms with E-state index in [9.17, 15) is 4.79 Å². The number of aromatic nitrogens is 1. The maximum Gasteiger partial charge on any atom is 0.259 e. The van der Waals surface area contributed by atoms with Gasteiger partial charge in [0.15, 0.2) is 0 Å². The lowest BCUT2D eigenvalue weighted by Crippen LogP contribution is -2.12. The van der Waals surface area contributed by atoms with Gasteiger partial charge in [-0.25, -0.2) is 0 Å². The Morgan fingerprint density at radius 1 is 1.23 bits per heavy atom. The first-order chi connectivity index (χ1) is 12.6. The molecule has 0 unspecified atom stereocenters. The third-order valence-electron chi connectivity index (χ3n) is 4.13. The molecule has 0 atom stereocenters. The van der Waals surface area contributed by atoms with Crippen LogP contribution in [0.25, 0.3) is 17.0 Å². The van der Waals surface area contributed by atoms with Gasteiger partial charge < -0.3 is 15.0 Å². The van der Waals surface area contributed by atoms with Crippen molar-refractivity contribution in [1.29, 1.82) is 5.26 Å². The summed E-state index contributed by atoms with van der Waals surface area (Å²) in [6, 6.07) is 17.6. The SMILES string of the molecule is Cc1ccc(OCCn2cc(/C=C(\C#N)C(N)=O)c3ccccc32)cc1. The van der Waals surface area contributed by atoms with Crippen LogP contribution in [0.1, 0.15) is 11.1 Å². The molecule has 0 aliphatic carbocycles. The molecule has 0 radical (unpaired) electrons. The van der Waals surface area contributed by atoms with Gasteiger partial charge in [-0.2, -0.15) is 5.26 Å². The van der Waals surface area contributed by atoms with Crippen LogP contribution in [0.2, 0.25) is 0 Å². The Morgan fingerprint density at radius 2 is 1.96 bits per heavy atom. The van der Waals surface area contributed by atoms with Crippen molar-refractivity contribution in [2.45, 2.75) is 13.5 Å². The van der Waals surface area contributed by atoms with E-state index in [2.05, 4.69) is 0 Å². The van der Waals surface area contributed by atoms with Crippen molar-refractivity contribution in [3.63, 3.8) is 0 Å². The van der Waals surface area contributed by atoms with Crippen LogP contribution >= 0.6 is 0 Å². The summed E-state index contributed by atoms with van der Waals surface area (Å²) in [5.74, 6) is 0.0970. The zero-order valence-electron chi connectivity index (χ0n) is 14.5. The van der Waals surface area contributed by atoms with Gasteiger partial charge in [-0.1, -0.05) is 35.9 Å². The van der Waals surface area contributed by atoms with Gasteiger partial charge in [-0.3, -0.25) is 4.79 Å². The summed E-state index contributed by atoms with van der Waals surface area (Å²) in [7, 11) is 0.